The van der Waals surface area contributed by atoms with Crippen molar-refractivity contribution in [3.8, 4) is 0 Å². The number of allylic oxidation sites excluding steroid dienone is 3. The van der Waals surface area contributed by atoms with Gasteiger partial charge in [-0.2, -0.15) is 0 Å². The van der Waals surface area contributed by atoms with Gasteiger partial charge in [0.1, 0.15) is 6.10 Å². The molecular formula is C30H42N2O4. The number of nitrogens with zero attached hydrogens (tertiary/aromatic N) is 2. The van der Waals surface area contributed by atoms with Crippen LogP contribution in [0.5, 0.6) is 0 Å². The van der Waals surface area contributed by atoms with E-state index in [0.29, 0.717) is 17.7 Å². The van der Waals surface area contributed by atoms with E-state index in [1.54, 1.807) is 0 Å². The number of ether oxygens (including phenoxy) is 1. The number of hydrogen-bond acceptors (Lipinski definition) is 5. The van der Waals surface area contributed by atoms with E-state index in [9.17, 15) is 9.59 Å². The van der Waals surface area contributed by atoms with Crippen LogP contribution in [0.3, 0.4) is 0 Å². The molecule has 1 aromatic carbocycles. The monoisotopic (exact) mass is 494 g/mol. The summed E-state index contributed by atoms with van der Waals surface area (Å²) in [7, 11) is 0. The third-order valence-corrected chi connectivity index (χ3v) is 6.78. The number of hydrogen-bond donors (Lipinski definition) is 0. The molecule has 0 saturated carbocycles. The molecule has 1 aromatic rings. The Balaban J connectivity index is 1.89. The number of fused-ring (bicyclic) bond motifs is 1. The topological polar surface area (TPSA) is 68.2 Å². The van der Waals surface area contributed by atoms with E-state index in [2.05, 4.69) is 31.2 Å². The molecule has 0 aromatic heterocycles. The highest BCUT2D eigenvalue weighted by molar-refractivity contribution is 6.00. The fourth-order valence-electron chi connectivity index (χ4n) is 4.99. The van der Waals surface area contributed by atoms with Crippen LogP contribution >= 0.6 is 0 Å². The van der Waals surface area contributed by atoms with Gasteiger partial charge >= 0.3 is 5.97 Å². The number of amides is 1. The van der Waals surface area contributed by atoms with Crippen LogP contribution in [-0.4, -0.2) is 48.3 Å². The maximum atomic E-state index is 13.4. The van der Waals surface area contributed by atoms with Crippen molar-refractivity contribution in [3.05, 3.63) is 58.2 Å². The fraction of sp³-hybridized carbons (Fsp3) is 0.567. The van der Waals surface area contributed by atoms with Crippen molar-refractivity contribution in [2.75, 3.05) is 19.7 Å². The van der Waals surface area contributed by atoms with Crippen LogP contribution in [0.4, 0.5) is 0 Å². The van der Waals surface area contributed by atoms with Crippen LogP contribution in [0, 0.1) is 13.8 Å². The lowest BCUT2D eigenvalue weighted by Gasteiger charge is -2.26. The Labute approximate surface area is 216 Å². The summed E-state index contributed by atoms with van der Waals surface area (Å²) < 4.78 is 5.99. The quantitative estimate of drug-likeness (QED) is 0.276. The van der Waals surface area contributed by atoms with Gasteiger partial charge in [-0.1, -0.05) is 53.9 Å². The largest absolute Gasteiger partial charge is 0.458 e. The molecule has 0 radical (unpaired) electrons. The van der Waals surface area contributed by atoms with E-state index in [4.69, 9.17) is 9.57 Å². The van der Waals surface area contributed by atoms with Gasteiger partial charge in [-0.3, -0.25) is 4.79 Å². The van der Waals surface area contributed by atoms with E-state index < -0.39 is 0 Å². The van der Waals surface area contributed by atoms with Crippen LogP contribution in [0.2, 0.25) is 0 Å². The van der Waals surface area contributed by atoms with Crippen molar-refractivity contribution < 1.29 is 19.2 Å². The molecule has 0 N–H and O–H groups in total. The summed E-state index contributed by atoms with van der Waals surface area (Å²) in [5.41, 5.74) is 5.33. The molecule has 1 fully saturated rings. The number of carbonyl (C=O) groups excluding carboxylic acids is 2. The Morgan fingerprint density at radius 2 is 1.92 bits per heavy atom. The Kier molecular flexibility index (Phi) is 10.8. The minimum Gasteiger partial charge on any atom is -0.458 e. The maximum Gasteiger partial charge on any atom is 0.338 e. The average molecular weight is 495 g/mol. The first-order valence-corrected chi connectivity index (χ1v) is 13.5. The second-order valence-electron chi connectivity index (χ2n) is 10.1. The number of piperidine rings is 1. The van der Waals surface area contributed by atoms with E-state index in [1.165, 1.54) is 12.0 Å². The van der Waals surface area contributed by atoms with Gasteiger partial charge in [0.2, 0.25) is 0 Å². The molecule has 1 unspecified atom stereocenters. The van der Waals surface area contributed by atoms with Gasteiger partial charge < -0.3 is 14.5 Å². The third-order valence-electron chi connectivity index (χ3n) is 6.78. The van der Waals surface area contributed by atoms with Crippen molar-refractivity contribution in [2.45, 2.75) is 91.6 Å². The first kappa shape index (κ1) is 27.7. The molecule has 1 saturated heterocycles. The van der Waals surface area contributed by atoms with Crippen LogP contribution in [0.25, 0.3) is 0 Å². The predicted molar refractivity (Wildman–Crippen MR) is 144 cm³/mol. The highest BCUT2D eigenvalue weighted by Crippen LogP contribution is 2.23. The van der Waals surface area contributed by atoms with Gasteiger partial charge in [-0.25, -0.2) is 4.79 Å². The molecule has 1 amide bonds. The molecule has 6 heteroatoms. The molecule has 36 heavy (non-hydrogen) atoms. The van der Waals surface area contributed by atoms with Crippen LogP contribution in [0.15, 0.2) is 41.1 Å². The summed E-state index contributed by atoms with van der Waals surface area (Å²) in [6, 6.07) is 4.05. The number of esters is 1. The Morgan fingerprint density at radius 1 is 1.14 bits per heavy atom. The van der Waals surface area contributed by atoms with Gasteiger partial charge in [-0.05, 0) is 76.5 Å². The Hall–Kier alpha value is -2.89. The number of carbonyl (C=O) groups is 2. The normalized spacial score (nSPS) is 23.2. The first-order chi connectivity index (χ1) is 17.4. The summed E-state index contributed by atoms with van der Waals surface area (Å²) >= 11 is 0. The molecule has 0 aliphatic carbocycles. The van der Waals surface area contributed by atoms with Crippen molar-refractivity contribution in [1.29, 1.82) is 0 Å². The Bertz CT molecular complexity index is 1000. The fourth-order valence-corrected chi connectivity index (χ4v) is 4.99. The Morgan fingerprint density at radius 3 is 2.67 bits per heavy atom. The van der Waals surface area contributed by atoms with Gasteiger partial charge in [0.15, 0.2) is 6.61 Å². The van der Waals surface area contributed by atoms with E-state index >= 15 is 0 Å². The molecule has 6 nitrogen and oxygen atoms in total. The first-order valence-electron chi connectivity index (χ1n) is 13.5. The highest BCUT2D eigenvalue weighted by Gasteiger charge is 2.22. The zero-order chi connectivity index (χ0) is 25.9. The summed E-state index contributed by atoms with van der Waals surface area (Å²) in [6.45, 7) is 9.69. The molecule has 0 spiro atoms. The van der Waals surface area contributed by atoms with E-state index in [0.717, 1.165) is 74.7 Å². The van der Waals surface area contributed by atoms with Gasteiger partial charge in [-0.15, -0.1) is 0 Å². The number of likely N-dealkylation sites (tertiary alicyclic amines) is 1. The number of cyclic esters (lactones) is 1. The summed E-state index contributed by atoms with van der Waals surface area (Å²) in [5.74, 6) is -0.309. The molecule has 3 rings (SSSR count). The van der Waals surface area contributed by atoms with Gasteiger partial charge in [0.05, 0.1) is 11.3 Å². The molecule has 0 bridgehead atoms. The lowest BCUT2D eigenvalue weighted by molar-refractivity contribution is -0.137. The zero-order valence-electron chi connectivity index (χ0n) is 22.5. The van der Waals surface area contributed by atoms with E-state index in [-0.39, 0.29) is 24.6 Å². The van der Waals surface area contributed by atoms with Crippen molar-refractivity contribution in [3.63, 3.8) is 0 Å². The zero-order valence-corrected chi connectivity index (χ0v) is 22.5. The van der Waals surface area contributed by atoms with Gasteiger partial charge in [0, 0.05) is 25.9 Å². The van der Waals surface area contributed by atoms with Crippen molar-refractivity contribution in [1.82, 2.24) is 4.90 Å². The smallest absolute Gasteiger partial charge is 0.338 e. The summed E-state index contributed by atoms with van der Waals surface area (Å²) in [6.07, 6.45) is 14.2. The van der Waals surface area contributed by atoms with Crippen LogP contribution in [-0.2, 0) is 20.8 Å². The molecule has 196 valence electrons. The molecule has 2 heterocycles. The van der Waals surface area contributed by atoms with Crippen LogP contribution in [0.1, 0.15) is 92.3 Å². The maximum absolute atomic E-state index is 13.4. The second-order valence-corrected chi connectivity index (χ2v) is 10.1. The van der Waals surface area contributed by atoms with Gasteiger partial charge in [0.25, 0.3) is 5.91 Å². The minimum atomic E-state index is -0.285. The molecule has 1 atom stereocenters. The standard InChI is InChI=1S/C30H42N2O4/c1-5-12-27-14-9-6-8-13-22(2)19-26(31-35-21-28(33)32-15-10-7-11-16-32)20-25-18-23(3)17-24(4)29(25)30(34)36-27/h6,9,17-19,27H,5,7-8,10-16,20-21H2,1-4H3/b9-6+,22-19+,31-26+. The number of aryl methyl sites for hydroxylation is 2. The SMILES string of the molecule is CCCC1C/C=C/CC/C(C)=C/C(=N\OCC(=O)N2CCCCC2)Cc2cc(C)cc(C)c2C(=O)O1. The van der Waals surface area contributed by atoms with Crippen LogP contribution < -0.4 is 0 Å². The summed E-state index contributed by atoms with van der Waals surface area (Å²) in [4.78, 5) is 33.3. The summed E-state index contributed by atoms with van der Waals surface area (Å²) in [5, 5.41) is 4.39. The highest BCUT2D eigenvalue weighted by atomic mass is 16.6. The number of rotatable bonds is 5. The lowest BCUT2D eigenvalue weighted by atomic mass is 9.94. The van der Waals surface area contributed by atoms with Crippen molar-refractivity contribution >= 4 is 17.6 Å². The average Bonchev–Trinajstić information content (AvgIpc) is 2.83. The third kappa shape index (κ3) is 8.35. The van der Waals surface area contributed by atoms with Crippen molar-refractivity contribution in [2.24, 2.45) is 5.16 Å². The molecule has 2 aliphatic heterocycles. The number of oxime groups is 1. The predicted octanol–water partition coefficient (Wildman–Crippen LogP) is 6.24. The second kappa shape index (κ2) is 14.0. The number of benzene rings is 1. The molecular weight excluding hydrogens is 452 g/mol. The minimum absolute atomic E-state index is 0.0246. The lowest BCUT2D eigenvalue weighted by Crippen LogP contribution is -2.37. The molecule has 2 aliphatic rings. The van der Waals surface area contributed by atoms with E-state index in [1.807, 2.05) is 37.0 Å².